The number of pyridine rings is 2. The van der Waals surface area contributed by atoms with Gasteiger partial charge in [0.25, 0.3) is 0 Å². The van der Waals surface area contributed by atoms with E-state index in [2.05, 4.69) is 15.3 Å². The van der Waals surface area contributed by atoms with Crippen LogP contribution in [0.5, 0.6) is 5.75 Å². The van der Waals surface area contributed by atoms with E-state index in [1.54, 1.807) is 19.1 Å². The van der Waals surface area contributed by atoms with E-state index in [1.165, 1.54) is 54.9 Å². The highest BCUT2D eigenvalue weighted by Crippen LogP contribution is 2.31. The lowest BCUT2D eigenvalue weighted by molar-refractivity contribution is 0.0734. The predicted octanol–water partition coefficient (Wildman–Crippen LogP) is 4.52. The monoisotopic (exact) mass is 447 g/mol. The summed E-state index contributed by atoms with van der Waals surface area (Å²) < 4.78 is 24.6. The summed E-state index contributed by atoms with van der Waals surface area (Å²) in [6, 6.07) is 13.1. The normalized spacial score (nSPS) is 10.6. The summed E-state index contributed by atoms with van der Waals surface area (Å²) in [7, 11) is 0. The molecule has 166 valence electrons. The molecule has 33 heavy (non-hydrogen) atoms. The lowest BCUT2D eigenvalue weighted by atomic mass is 10.1. The zero-order chi connectivity index (χ0) is 23.4. The van der Waals surface area contributed by atoms with Gasteiger partial charge in [0.15, 0.2) is 5.43 Å². The molecule has 0 aliphatic heterocycles. The Bertz CT molecular complexity index is 1400. The number of aromatic amines is 1. The van der Waals surface area contributed by atoms with E-state index in [0.717, 1.165) is 0 Å². The first-order valence-electron chi connectivity index (χ1n) is 9.98. The molecule has 0 spiro atoms. The van der Waals surface area contributed by atoms with Gasteiger partial charge in [0, 0.05) is 35.5 Å². The number of H-pyrrole nitrogens is 1. The predicted molar refractivity (Wildman–Crippen MR) is 120 cm³/mol. The zero-order valence-corrected chi connectivity index (χ0v) is 17.4. The number of esters is 1. The minimum atomic E-state index is -0.746. The molecular formula is C24H18FN3O5. The summed E-state index contributed by atoms with van der Waals surface area (Å²) in [6.07, 6.45) is 2.15. The number of hydrogen-bond donors (Lipinski definition) is 2. The third kappa shape index (κ3) is 4.72. The summed E-state index contributed by atoms with van der Waals surface area (Å²) in [4.78, 5) is 43.8. The molecule has 0 saturated carbocycles. The minimum Gasteiger partial charge on any atom is -0.450 e. The van der Waals surface area contributed by atoms with Gasteiger partial charge in [0.2, 0.25) is 0 Å². The summed E-state index contributed by atoms with van der Waals surface area (Å²) in [6.45, 7) is 1.78. The Labute approximate surface area is 187 Å². The Morgan fingerprint density at radius 1 is 1.12 bits per heavy atom. The van der Waals surface area contributed by atoms with Crippen LogP contribution in [0.3, 0.4) is 0 Å². The highest BCUT2D eigenvalue weighted by atomic mass is 19.1. The van der Waals surface area contributed by atoms with Gasteiger partial charge in [-0.25, -0.2) is 14.0 Å². The lowest BCUT2D eigenvalue weighted by Crippen LogP contribution is -2.15. The van der Waals surface area contributed by atoms with Gasteiger partial charge in [0.05, 0.1) is 29.1 Å². The fourth-order valence-electron chi connectivity index (χ4n) is 3.23. The Balaban J connectivity index is 1.77. The molecule has 9 heteroatoms. The van der Waals surface area contributed by atoms with Crippen molar-refractivity contribution in [2.75, 3.05) is 11.9 Å². The summed E-state index contributed by atoms with van der Waals surface area (Å²) >= 11 is 0. The first kappa shape index (κ1) is 21.7. The maximum Gasteiger partial charge on any atom is 0.411 e. The number of amides is 1. The molecular weight excluding hydrogens is 429 g/mol. The Morgan fingerprint density at radius 3 is 2.73 bits per heavy atom. The first-order valence-corrected chi connectivity index (χ1v) is 9.98. The van der Waals surface area contributed by atoms with Crippen molar-refractivity contribution in [3.05, 3.63) is 88.6 Å². The summed E-state index contributed by atoms with van der Waals surface area (Å²) in [5.41, 5.74) is 0.703. The van der Waals surface area contributed by atoms with Crippen LogP contribution in [0.2, 0.25) is 0 Å². The zero-order valence-electron chi connectivity index (χ0n) is 17.4. The van der Waals surface area contributed by atoms with Crippen molar-refractivity contribution in [3.8, 4) is 17.0 Å². The number of rotatable bonds is 5. The Morgan fingerprint density at radius 2 is 1.97 bits per heavy atom. The molecule has 4 rings (SSSR count). The summed E-state index contributed by atoms with van der Waals surface area (Å²) in [5.74, 6) is -1.10. The van der Waals surface area contributed by atoms with Crippen molar-refractivity contribution in [3.63, 3.8) is 0 Å². The summed E-state index contributed by atoms with van der Waals surface area (Å²) in [5, 5.41) is 2.76. The quantitative estimate of drug-likeness (QED) is 0.344. The van der Waals surface area contributed by atoms with Gasteiger partial charge in [-0.2, -0.15) is 0 Å². The molecule has 2 aromatic carbocycles. The van der Waals surface area contributed by atoms with Gasteiger partial charge in [-0.15, -0.1) is 0 Å². The number of nitrogens with zero attached hydrogens (tertiary/aromatic N) is 1. The van der Waals surface area contributed by atoms with Crippen LogP contribution < -0.4 is 15.5 Å². The van der Waals surface area contributed by atoms with Gasteiger partial charge in [-0.05, 0) is 43.3 Å². The van der Waals surface area contributed by atoms with E-state index in [9.17, 15) is 18.8 Å². The van der Waals surface area contributed by atoms with Gasteiger partial charge >= 0.3 is 12.1 Å². The van der Waals surface area contributed by atoms with E-state index >= 15 is 0 Å². The molecule has 0 saturated heterocycles. The molecule has 4 aromatic rings. The number of carbonyl (C=O) groups excluding carboxylic acids is 2. The van der Waals surface area contributed by atoms with Crippen LogP contribution in [0.1, 0.15) is 17.3 Å². The molecule has 0 radical (unpaired) electrons. The Hall–Kier alpha value is -4.53. The van der Waals surface area contributed by atoms with E-state index in [-0.39, 0.29) is 40.2 Å². The molecule has 2 heterocycles. The number of hydrogen-bond acceptors (Lipinski definition) is 6. The topological polar surface area (TPSA) is 110 Å². The van der Waals surface area contributed by atoms with Crippen LogP contribution in [-0.2, 0) is 4.74 Å². The molecule has 0 atom stereocenters. The fraction of sp³-hybridized carbons (Fsp3) is 0.0833. The molecule has 8 nitrogen and oxygen atoms in total. The largest absolute Gasteiger partial charge is 0.450 e. The second-order valence-electron chi connectivity index (χ2n) is 6.89. The standard InChI is InChI=1S/C24H18FN3O5/c1-2-32-24(31)28-19-11-15(33-23(30)14-5-4-10-26-13-14)8-9-16(19)20-12-21(29)17-6-3-7-18(25)22(17)27-20/h3-13H,2H2,1H3,(H,27,29)(H,28,31). The molecule has 0 unspecified atom stereocenters. The number of fused-ring (bicyclic) bond motifs is 1. The molecule has 0 bridgehead atoms. The lowest BCUT2D eigenvalue weighted by Gasteiger charge is -2.14. The molecule has 1 amide bonds. The van der Waals surface area contributed by atoms with Crippen LogP contribution in [0.25, 0.3) is 22.2 Å². The van der Waals surface area contributed by atoms with Crippen LogP contribution in [-0.4, -0.2) is 28.6 Å². The number of carbonyl (C=O) groups is 2. The number of para-hydroxylation sites is 1. The Kier molecular flexibility index (Phi) is 6.12. The third-order valence-electron chi connectivity index (χ3n) is 4.72. The number of benzene rings is 2. The van der Waals surface area contributed by atoms with Crippen molar-refractivity contribution in [1.29, 1.82) is 0 Å². The van der Waals surface area contributed by atoms with Crippen LogP contribution in [0.4, 0.5) is 14.9 Å². The van der Waals surface area contributed by atoms with Crippen LogP contribution in [0.15, 0.2) is 71.8 Å². The van der Waals surface area contributed by atoms with E-state index < -0.39 is 23.3 Å². The minimum absolute atomic E-state index is 0.0363. The van der Waals surface area contributed by atoms with Crippen molar-refractivity contribution in [2.45, 2.75) is 6.92 Å². The average molecular weight is 447 g/mol. The second-order valence-corrected chi connectivity index (χ2v) is 6.89. The van der Waals surface area contributed by atoms with Crippen molar-refractivity contribution in [2.24, 2.45) is 0 Å². The van der Waals surface area contributed by atoms with E-state index in [1.807, 2.05) is 0 Å². The smallest absolute Gasteiger partial charge is 0.411 e. The third-order valence-corrected chi connectivity index (χ3v) is 4.72. The first-order chi connectivity index (χ1) is 16.0. The molecule has 0 aliphatic carbocycles. The number of ether oxygens (including phenoxy) is 2. The number of nitrogens with one attached hydrogen (secondary N) is 2. The molecule has 2 N–H and O–H groups in total. The molecule has 2 aromatic heterocycles. The fourth-order valence-corrected chi connectivity index (χ4v) is 3.23. The van der Waals surface area contributed by atoms with E-state index in [0.29, 0.717) is 5.56 Å². The molecule has 0 aliphatic rings. The van der Waals surface area contributed by atoms with Gasteiger partial charge in [0.1, 0.15) is 11.6 Å². The van der Waals surface area contributed by atoms with Crippen LogP contribution in [0, 0.1) is 5.82 Å². The maximum absolute atomic E-state index is 14.3. The van der Waals surface area contributed by atoms with Crippen molar-refractivity contribution >= 4 is 28.7 Å². The SMILES string of the molecule is CCOC(=O)Nc1cc(OC(=O)c2cccnc2)ccc1-c1cc(=O)c2cccc(F)c2[nH]1. The van der Waals surface area contributed by atoms with Crippen LogP contribution >= 0.6 is 0 Å². The molecule has 0 fully saturated rings. The number of aromatic nitrogens is 2. The number of anilines is 1. The van der Waals surface area contributed by atoms with Crippen molar-refractivity contribution in [1.82, 2.24) is 9.97 Å². The van der Waals surface area contributed by atoms with Crippen molar-refractivity contribution < 1.29 is 23.5 Å². The maximum atomic E-state index is 14.3. The highest BCUT2D eigenvalue weighted by molar-refractivity contribution is 5.94. The second kappa shape index (κ2) is 9.31. The van der Waals surface area contributed by atoms with Gasteiger partial charge in [-0.3, -0.25) is 15.1 Å². The number of halogens is 1. The average Bonchev–Trinajstić information content (AvgIpc) is 2.80. The van der Waals surface area contributed by atoms with Gasteiger partial charge in [-0.1, -0.05) is 6.07 Å². The highest BCUT2D eigenvalue weighted by Gasteiger charge is 2.16. The van der Waals surface area contributed by atoms with Gasteiger partial charge < -0.3 is 14.5 Å². The van der Waals surface area contributed by atoms with E-state index in [4.69, 9.17) is 9.47 Å².